The van der Waals surface area contributed by atoms with Crippen LogP contribution in [-0.4, -0.2) is 22.6 Å². The Morgan fingerprint density at radius 1 is 1.29 bits per heavy atom. The third-order valence-electron chi connectivity index (χ3n) is 3.62. The number of hydrogen-bond donors (Lipinski definition) is 2. The summed E-state index contributed by atoms with van der Waals surface area (Å²) in [4.78, 5) is 28.4. The maximum absolute atomic E-state index is 12.1. The standard InChI is InChI=1S/C15H28N4O2/c1-5-7-9-19-13(16)12(14(20)17-15(19)21)18(6-2)10-8-11(3)4/h11H,5-10,16H2,1-4H3,(H,17,20,21). The van der Waals surface area contributed by atoms with E-state index in [9.17, 15) is 9.59 Å². The fourth-order valence-electron chi connectivity index (χ4n) is 2.26. The SMILES string of the molecule is CCCCn1c(N)c(N(CC)CCC(C)C)c(=O)[nH]c1=O. The van der Waals surface area contributed by atoms with Crippen LogP contribution in [0.2, 0.25) is 0 Å². The van der Waals surface area contributed by atoms with Crippen molar-refractivity contribution in [1.82, 2.24) is 9.55 Å². The third kappa shape index (κ3) is 4.37. The van der Waals surface area contributed by atoms with Crippen molar-refractivity contribution in [1.29, 1.82) is 0 Å². The molecule has 1 heterocycles. The van der Waals surface area contributed by atoms with E-state index in [-0.39, 0.29) is 5.82 Å². The molecule has 0 spiro atoms. The Morgan fingerprint density at radius 2 is 1.95 bits per heavy atom. The summed E-state index contributed by atoms with van der Waals surface area (Å²) in [6.45, 7) is 10.3. The van der Waals surface area contributed by atoms with Crippen molar-refractivity contribution in [3.8, 4) is 0 Å². The van der Waals surface area contributed by atoms with Crippen LogP contribution in [0.5, 0.6) is 0 Å². The lowest BCUT2D eigenvalue weighted by molar-refractivity contribution is 0.570. The number of nitrogens with one attached hydrogen (secondary N) is 1. The second kappa shape index (κ2) is 7.90. The quantitative estimate of drug-likeness (QED) is 0.766. The van der Waals surface area contributed by atoms with Gasteiger partial charge in [-0.1, -0.05) is 27.2 Å². The van der Waals surface area contributed by atoms with Gasteiger partial charge in [0.1, 0.15) is 11.5 Å². The number of unbranched alkanes of at least 4 members (excludes halogenated alkanes) is 1. The molecule has 6 heteroatoms. The smallest absolute Gasteiger partial charge is 0.330 e. The van der Waals surface area contributed by atoms with Crippen LogP contribution < -0.4 is 21.9 Å². The Kier molecular flexibility index (Phi) is 6.52. The molecule has 3 N–H and O–H groups in total. The van der Waals surface area contributed by atoms with Crippen molar-refractivity contribution in [3.05, 3.63) is 20.8 Å². The van der Waals surface area contributed by atoms with Crippen LogP contribution in [0.3, 0.4) is 0 Å². The summed E-state index contributed by atoms with van der Waals surface area (Å²) in [7, 11) is 0. The summed E-state index contributed by atoms with van der Waals surface area (Å²) in [5, 5.41) is 0. The summed E-state index contributed by atoms with van der Waals surface area (Å²) in [6, 6.07) is 0. The second-order valence-electron chi connectivity index (χ2n) is 5.76. The van der Waals surface area contributed by atoms with Crippen molar-refractivity contribution < 1.29 is 0 Å². The summed E-state index contributed by atoms with van der Waals surface area (Å²) in [5.41, 5.74) is 5.72. The average molecular weight is 296 g/mol. The zero-order valence-corrected chi connectivity index (χ0v) is 13.6. The summed E-state index contributed by atoms with van der Waals surface area (Å²) in [5.74, 6) is 0.827. The second-order valence-corrected chi connectivity index (χ2v) is 5.76. The highest BCUT2D eigenvalue weighted by Gasteiger charge is 2.17. The minimum atomic E-state index is -0.422. The van der Waals surface area contributed by atoms with Gasteiger partial charge in [-0.15, -0.1) is 0 Å². The van der Waals surface area contributed by atoms with E-state index in [4.69, 9.17) is 5.73 Å². The lowest BCUT2D eigenvalue weighted by atomic mass is 10.1. The maximum Gasteiger partial charge on any atom is 0.330 e. The molecule has 0 fully saturated rings. The van der Waals surface area contributed by atoms with Crippen molar-refractivity contribution in [2.75, 3.05) is 23.7 Å². The van der Waals surface area contributed by atoms with Gasteiger partial charge in [0, 0.05) is 19.6 Å². The van der Waals surface area contributed by atoms with E-state index in [0.29, 0.717) is 24.7 Å². The highest BCUT2D eigenvalue weighted by atomic mass is 16.2. The lowest BCUT2D eigenvalue weighted by Gasteiger charge is -2.25. The van der Waals surface area contributed by atoms with Gasteiger partial charge in [0.25, 0.3) is 5.56 Å². The molecule has 1 aromatic heterocycles. The average Bonchev–Trinajstić information content (AvgIpc) is 2.41. The first-order valence-electron chi connectivity index (χ1n) is 7.79. The first kappa shape index (κ1) is 17.3. The van der Waals surface area contributed by atoms with Gasteiger partial charge in [0.15, 0.2) is 0 Å². The third-order valence-corrected chi connectivity index (χ3v) is 3.62. The molecule has 0 bridgehead atoms. The van der Waals surface area contributed by atoms with Gasteiger partial charge in [-0.3, -0.25) is 14.3 Å². The van der Waals surface area contributed by atoms with Gasteiger partial charge in [-0.05, 0) is 25.7 Å². The summed E-state index contributed by atoms with van der Waals surface area (Å²) in [6.07, 6.45) is 2.79. The number of anilines is 2. The molecule has 0 aliphatic carbocycles. The topological polar surface area (TPSA) is 84.1 Å². The van der Waals surface area contributed by atoms with E-state index < -0.39 is 11.2 Å². The Hall–Kier alpha value is -1.72. The number of nitrogen functional groups attached to an aromatic ring is 1. The summed E-state index contributed by atoms with van der Waals surface area (Å²) >= 11 is 0. The van der Waals surface area contributed by atoms with Crippen molar-refractivity contribution >= 4 is 11.5 Å². The predicted molar refractivity (Wildman–Crippen MR) is 88.0 cm³/mol. The van der Waals surface area contributed by atoms with Gasteiger partial charge in [0.05, 0.1) is 0 Å². The van der Waals surface area contributed by atoms with Gasteiger partial charge in [-0.25, -0.2) is 4.79 Å². The van der Waals surface area contributed by atoms with E-state index >= 15 is 0 Å². The molecule has 6 nitrogen and oxygen atoms in total. The van der Waals surface area contributed by atoms with Gasteiger partial charge >= 0.3 is 5.69 Å². The minimum Gasteiger partial charge on any atom is -0.383 e. The number of nitrogens with two attached hydrogens (primary N) is 1. The van der Waals surface area contributed by atoms with Crippen molar-refractivity contribution in [2.45, 2.75) is 53.5 Å². The molecule has 0 atom stereocenters. The monoisotopic (exact) mass is 296 g/mol. The number of rotatable bonds is 8. The molecule has 21 heavy (non-hydrogen) atoms. The largest absolute Gasteiger partial charge is 0.383 e. The number of hydrogen-bond acceptors (Lipinski definition) is 4. The van der Waals surface area contributed by atoms with Crippen LogP contribution in [0.25, 0.3) is 0 Å². The zero-order valence-electron chi connectivity index (χ0n) is 13.6. The summed E-state index contributed by atoms with van der Waals surface area (Å²) < 4.78 is 1.47. The Morgan fingerprint density at radius 3 is 2.48 bits per heavy atom. The molecule has 0 unspecified atom stereocenters. The van der Waals surface area contributed by atoms with Crippen molar-refractivity contribution in [2.24, 2.45) is 5.92 Å². The van der Waals surface area contributed by atoms with E-state index in [1.165, 1.54) is 4.57 Å². The maximum atomic E-state index is 12.1. The Bertz CT molecular complexity index is 560. The highest BCUT2D eigenvalue weighted by molar-refractivity contribution is 5.62. The van der Waals surface area contributed by atoms with Gasteiger partial charge < -0.3 is 10.6 Å². The number of nitrogens with zero attached hydrogens (tertiary/aromatic N) is 2. The van der Waals surface area contributed by atoms with Crippen LogP contribution in [0, 0.1) is 5.92 Å². The molecule has 0 aromatic carbocycles. The highest BCUT2D eigenvalue weighted by Crippen LogP contribution is 2.18. The molecule has 1 aromatic rings. The van der Waals surface area contributed by atoms with Gasteiger partial charge in [-0.2, -0.15) is 0 Å². The molecule has 0 saturated heterocycles. The Balaban J connectivity index is 3.20. The molecule has 1 rings (SSSR count). The van der Waals surface area contributed by atoms with E-state index in [1.54, 1.807) is 0 Å². The molecule has 0 aliphatic rings. The van der Waals surface area contributed by atoms with E-state index in [2.05, 4.69) is 25.8 Å². The molecular weight excluding hydrogens is 268 g/mol. The minimum absolute atomic E-state index is 0.280. The molecule has 0 radical (unpaired) electrons. The van der Waals surface area contributed by atoms with Crippen LogP contribution in [-0.2, 0) is 6.54 Å². The number of aromatic amines is 1. The molecule has 120 valence electrons. The zero-order chi connectivity index (χ0) is 16.0. The predicted octanol–water partition coefficient (Wildman–Crippen LogP) is 1.79. The van der Waals surface area contributed by atoms with E-state index in [0.717, 1.165) is 25.8 Å². The molecule has 0 aliphatic heterocycles. The van der Waals surface area contributed by atoms with Gasteiger partial charge in [0.2, 0.25) is 0 Å². The fraction of sp³-hybridized carbons (Fsp3) is 0.733. The van der Waals surface area contributed by atoms with Crippen LogP contribution in [0.1, 0.15) is 47.0 Å². The Labute approximate surface area is 126 Å². The molecule has 0 saturated carbocycles. The number of H-pyrrole nitrogens is 1. The van der Waals surface area contributed by atoms with E-state index in [1.807, 2.05) is 11.8 Å². The van der Waals surface area contributed by atoms with Crippen LogP contribution in [0.15, 0.2) is 9.59 Å². The molecular formula is C15H28N4O2. The normalized spacial score (nSPS) is 11.1. The van der Waals surface area contributed by atoms with Crippen LogP contribution in [0.4, 0.5) is 11.5 Å². The fourth-order valence-corrected chi connectivity index (χ4v) is 2.26. The first-order valence-corrected chi connectivity index (χ1v) is 7.79. The lowest BCUT2D eigenvalue weighted by Crippen LogP contribution is -2.39. The first-order chi connectivity index (χ1) is 9.92. The van der Waals surface area contributed by atoms with Crippen LogP contribution >= 0.6 is 0 Å². The molecule has 0 amide bonds. The van der Waals surface area contributed by atoms with Crippen molar-refractivity contribution in [3.63, 3.8) is 0 Å². The number of aromatic nitrogens is 2.